The average molecular weight is 279 g/mol. The van der Waals surface area contributed by atoms with Crippen LogP contribution in [0.25, 0.3) is 0 Å². The van der Waals surface area contributed by atoms with Crippen molar-refractivity contribution >= 4 is 66.5 Å². The van der Waals surface area contributed by atoms with Gasteiger partial charge in [-0.05, 0) is 44.0 Å². The Morgan fingerprint density at radius 3 is 1.50 bits per heavy atom. The highest BCUT2D eigenvalue weighted by atomic mass is 33.7. The van der Waals surface area contributed by atoms with Crippen molar-refractivity contribution in [1.82, 2.24) is 0 Å². The third kappa shape index (κ3) is 12.1. The van der Waals surface area contributed by atoms with E-state index in [-0.39, 0.29) is 0 Å². The van der Waals surface area contributed by atoms with Crippen molar-refractivity contribution in [2.45, 2.75) is 12.8 Å². The van der Waals surface area contributed by atoms with Gasteiger partial charge in [0.15, 0.2) is 0 Å². The highest BCUT2D eigenvalue weighted by Crippen LogP contribution is 2.43. The molecule has 0 aromatic heterocycles. The van der Waals surface area contributed by atoms with Crippen molar-refractivity contribution < 1.29 is 0 Å². The van der Waals surface area contributed by atoms with Crippen LogP contribution in [0.5, 0.6) is 0 Å². The molecule has 0 atom stereocenters. The van der Waals surface area contributed by atoms with Crippen LogP contribution in [0.4, 0.5) is 0 Å². The van der Waals surface area contributed by atoms with Crippen LogP contribution in [0.3, 0.4) is 0 Å². The van der Waals surface area contributed by atoms with Crippen LogP contribution in [0.1, 0.15) is 12.8 Å². The normalized spacial score (nSPS) is 10.5. The average Bonchev–Trinajstić information content (AvgIpc) is 2.10. The monoisotopic (exact) mass is 278 g/mol. The summed E-state index contributed by atoms with van der Waals surface area (Å²) in [5.41, 5.74) is 0. The van der Waals surface area contributed by atoms with Crippen molar-refractivity contribution in [3.8, 4) is 0 Å². The molecule has 0 heterocycles. The number of thiol groups is 2. The molecule has 0 saturated heterocycles. The zero-order chi connectivity index (χ0) is 9.07. The Bertz CT molecular complexity index is 68.4. The molecule has 0 unspecified atom stereocenters. The number of rotatable bonds is 9. The molecule has 0 aromatic carbocycles. The summed E-state index contributed by atoms with van der Waals surface area (Å²) in [5.74, 6) is 4.44. The van der Waals surface area contributed by atoms with Gasteiger partial charge in [0.25, 0.3) is 0 Å². The summed E-state index contributed by atoms with van der Waals surface area (Å²) in [7, 11) is 7.62. The van der Waals surface area contributed by atoms with E-state index in [2.05, 4.69) is 25.3 Å². The first-order valence-electron chi connectivity index (χ1n) is 3.71. The lowest BCUT2D eigenvalue weighted by molar-refractivity contribution is 1.13. The SMILES string of the molecule is SCCCSSSSCCCS. The van der Waals surface area contributed by atoms with E-state index in [1.165, 1.54) is 24.3 Å². The molecule has 12 heavy (non-hydrogen) atoms. The van der Waals surface area contributed by atoms with Gasteiger partial charge in [-0.2, -0.15) is 25.3 Å². The fourth-order valence-electron chi connectivity index (χ4n) is 0.354. The van der Waals surface area contributed by atoms with Gasteiger partial charge >= 0.3 is 0 Å². The van der Waals surface area contributed by atoms with E-state index in [4.69, 9.17) is 0 Å². The molecular weight excluding hydrogens is 264 g/mol. The van der Waals surface area contributed by atoms with Crippen LogP contribution in [-0.4, -0.2) is 23.0 Å². The van der Waals surface area contributed by atoms with E-state index in [1.54, 1.807) is 0 Å². The summed E-state index contributed by atoms with van der Waals surface area (Å²) in [6, 6.07) is 0. The largest absolute Gasteiger partial charge is 0.179 e. The molecule has 6 heteroatoms. The van der Waals surface area contributed by atoms with Gasteiger partial charge in [-0.15, -0.1) is 0 Å². The van der Waals surface area contributed by atoms with Gasteiger partial charge in [-0.25, -0.2) is 0 Å². The molecule has 74 valence electrons. The molecule has 0 fully saturated rings. The Morgan fingerprint density at radius 1 is 0.750 bits per heavy atom. The summed E-state index contributed by atoms with van der Waals surface area (Å²) >= 11 is 8.30. The number of hydrogen-bond donors (Lipinski definition) is 2. The Hall–Kier alpha value is 2.10. The summed E-state index contributed by atoms with van der Waals surface area (Å²) in [6.07, 6.45) is 2.42. The van der Waals surface area contributed by atoms with E-state index >= 15 is 0 Å². The first kappa shape index (κ1) is 14.1. The summed E-state index contributed by atoms with van der Waals surface area (Å²) in [4.78, 5) is 0. The predicted molar refractivity (Wildman–Crippen MR) is 77.0 cm³/mol. The summed E-state index contributed by atoms with van der Waals surface area (Å²) in [5, 5.41) is 0. The lowest BCUT2D eigenvalue weighted by Crippen LogP contribution is -1.76. The Morgan fingerprint density at radius 2 is 1.17 bits per heavy atom. The van der Waals surface area contributed by atoms with Crippen molar-refractivity contribution in [3.05, 3.63) is 0 Å². The molecule has 0 aliphatic rings. The Labute approximate surface area is 102 Å². The third-order valence-electron chi connectivity index (χ3n) is 0.896. The van der Waals surface area contributed by atoms with Gasteiger partial charge in [0, 0.05) is 11.5 Å². The zero-order valence-corrected chi connectivity index (χ0v) is 11.8. The molecule has 0 spiro atoms. The van der Waals surface area contributed by atoms with Crippen LogP contribution < -0.4 is 0 Å². The first-order chi connectivity index (χ1) is 5.91. The van der Waals surface area contributed by atoms with Crippen LogP contribution in [0.2, 0.25) is 0 Å². The fourth-order valence-corrected chi connectivity index (χ4v) is 7.24. The molecule has 0 bridgehead atoms. The maximum Gasteiger partial charge on any atom is 0.00531 e. The standard InChI is InChI=1S/C6H14S6/c7-3-1-5-9-11-12-10-6-2-4-8/h7-8H,1-6H2. The fraction of sp³-hybridized carbons (Fsp3) is 1.00. The molecule has 0 nitrogen and oxygen atoms in total. The molecule has 0 aromatic rings. The molecular formula is C6H14S6. The van der Waals surface area contributed by atoms with Gasteiger partial charge in [-0.3, -0.25) is 0 Å². The molecule has 0 N–H and O–H groups in total. The van der Waals surface area contributed by atoms with Gasteiger partial charge in [-0.1, -0.05) is 21.6 Å². The topological polar surface area (TPSA) is 0 Å². The maximum atomic E-state index is 4.15. The van der Waals surface area contributed by atoms with E-state index in [9.17, 15) is 0 Å². The molecule has 0 radical (unpaired) electrons. The minimum absolute atomic E-state index is 1.00. The lowest BCUT2D eigenvalue weighted by atomic mass is 10.6. The van der Waals surface area contributed by atoms with E-state index in [0.717, 1.165) is 11.5 Å². The van der Waals surface area contributed by atoms with Gasteiger partial charge < -0.3 is 0 Å². The quantitative estimate of drug-likeness (QED) is 0.366. The predicted octanol–water partition coefficient (Wildman–Crippen LogP) is 4.30. The van der Waals surface area contributed by atoms with Gasteiger partial charge in [0.05, 0.1) is 0 Å². The second kappa shape index (κ2) is 13.1. The Balaban J connectivity index is 2.73. The van der Waals surface area contributed by atoms with Crippen molar-refractivity contribution in [3.63, 3.8) is 0 Å². The van der Waals surface area contributed by atoms with Crippen LogP contribution >= 0.6 is 66.5 Å². The molecule has 0 aliphatic heterocycles. The van der Waals surface area contributed by atoms with Crippen molar-refractivity contribution in [1.29, 1.82) is 0 Å². The summed E-state index contributed by atoms with van der Waals surface area (Å²) < 4.78 is 0. The van der Waals surface area contributed by atoms with Crippen molar-refractivity contribution in [2.24, 2.45) is 0 Å². The minimum atomic E-state index is 1.00. The molecule has 0 saturated carbocycles. The third-order valence-corrected chi connectivity index (χ3v) is 8.16. The van der Waals surface area contributed by atoms with E-state index in [0.29, 0.717) is 0 Å². The van der Waals surface area contributed by atoms with Gasteiger partial charge in [0.1, 0.15) is 0 Å². The minimum Gasteiger partial charge on any atom is -0.179 e. The van der Waals surface area contributed by atoms with Crippen LogP contribution in [0, 0.1) is 0 Å². The van der Waals surface area contributed by atoms with Gasteiger partial charge in [0.2, 0.25) is 0 Å². The zero-order valence-electron chi connectivity index (χ0n) is 6.77. The molecule has 0 rings (SSSR count). The maximum absolute atomic E-state index is 4.15. The highest BCUT2D eigenvalue weighted by molar-refractivity contribution is 9.26. The Kier molecular flexibility index (Phi) is 15.4. The van der Waals surface area contributed by atoms with E-state index < -0.39 is 0 Å². The van der Waals surface area contributed by atoms with E-state index in [1.807, 2.05) is 41.2 Å². The summed E-state index contributed by atoms with van der Waals surface area (Å²) in [6.45, 7) is 0. The second-order valence-corrected chi connectivity index (χ2v) is 9.07. The lowest BCUT2D eigenvalue weighted by Gasteiger charge is -1.97. The smallest absolute Gasteiger partial charge is 0.00531 e. The number of hydrogen-bond acceptors (Lipinski definition) is 6. The highest BCUT2D eigenvalue weighted by Gasteiger charge is 1.92. The first-order valence-corrected chi connectivity index (χ1v) is 10.1. The van der Waals surface area contributed by atoms with Crippen LogP contribution in [-0.2, 0) is 0 Å². The van der Waals surface area contributed by atoms with Crippen molar-refractivity contribution in [2.75, 3.05) is 23.0 Å². The molecule has 0 aliphatic carbocycles. The van der Waals surface area contributed by atoms with Crippen LogP contribution in [0.15, 0.2) is 0 Å². The second-order valence-electron chi connectivity index (χ2n) is 1.93. The molecule has 0 amide bonds.